The molecule has 2 aromatic carbocycles. The van der Waals surface area contributed by atoms with Gasteiger partial charge in [-0.2, -0.15) is 0 Å². The smallest absolute Gasteiger partial charge is 0.339 e. The highest BCUT2D eigenvalue weighted by Gasteiger charge is 2.53. The third kappa shape index (κ3) is 8.30. The van der Waals surface area contributed by atoms with Crippen LogP contribution in [0.4, 0.5) is 5.69 Å². The predicted molar refractivity (Wildman–Crippen MR) is 177 cm³/mol. The summed E-state index contributed by atoms with van der Waals surface area (Å²) in [5.74, 6) is -0.528. The van der Waals surface area contributed by atoms with Gasteiger partial charge in [-0.1, -0.05) is 70.2 Å². The number of ether oxygens (including phenoxy) is 2. The van der Waals surface area contributed by atoms with E-state index in [1.54, 1.807) is 31.0 Å². The Morgan fingerprint density at radius 3 is 2.20 bits per heavy atom. The zero-order chi connectivity index (χ0) is 33.5. The van der Waals surface area contributed by atoms with E-state index in [4.69, 9.17) is 14.3 Å². The molecule has 4 unspecified atom stereocenters. The molecule has 1 heterocycles. The minimum atomic E-state index is -1.71. The summed E-state index contributed by atoms with van der Waals surface area (Å²) in [5.41, 5.74) is 0.564. The number of benzene rings is 2. The summed E-state index contributed by atoms with van der Waals surface area (Å²) >= 11 is 0. The minimum absolute atomic E-state index is 0.00300. The molecule has 0 amide bonds. The van der Waals surface area contributed by atoms with Crippen molar-refractivity contribution < 1.29 is 28.6 Å². The quantitative estimate of drug-likeness (QED) is 0.0872. The molecule has 0 spiro atoms. The van der Waals surface area contributed by atoms with Crippen LogP contribution in [0.3, 0.4) is 0 Å². The second-order valence-electron chi connectivity index (χ2n) is 12.3. The maximum atomic E-state index is 14.3. The number of hydrogen-bond acceptors (Lipinski definition) is 9. The Balaban J connectivity index is 2.18. The van der Waals surface area contributed by atoms with E-state index in [9.17, 15) is 19.5 Å². The van der Waals surface area contributed by atoms with Gasteiger partial charge >= 0.3 is 5.97 Å². The Morgan fingerprint density at radius 2 is 1.62 bits per heavy atom. The summed E-state index contributed by atoms with van der Waals surface area (Å²) < 4.78 is 26.1. The topological polar surface area (TPSA) is 111 Å². The van der Waals surface area contributed by atoms with Gasteiger partial charge in [-0.3, -0.25) is 19.9 Å². The van der Waals surface area contributed by atoms with Gasteiger partial charge in [0.25, 0.3) is 5.69 Å². The number of allylic oxidation sites excluding steroid dienone is 2. The SMILES string of the molecule is CC1=C([PH2]=O)C(OC(C)C(C)C)(c2cccc([N+](=O)[O-])c2)C(C(=O)OCCN(C)Cc2ccccc2)=C(C)N1OC(C)C(C)C. The van der Waals surface area contributed by atoms with E-state index in [0.29, 0.717) is 35.4 Å². The number of rotatable bonds is 15. The van der Waals surface area contributed by atoms with Gasteiger partial charge in [-0.05, 0) is 52.1 Å². The summed E-state index contributed by atoms with van der Waals surface area (Å²) in [6.07, 6.45) is -0.685. The highest BCUT2D eigenvalue weighted by molar-refractivity contribution is 7.29. The van der Waals surface area contributed by atoms with Gasteiger partial charge in [0.1, 0.15) is 6.61 Å². The first-order chi connectivity index (χ1) is 21.2. The van der Waals surface area contributed by atoms with E-state index >= 15 is 0 Å². The molecule has 1 aliphatic rings. The van der Waals surface area contributed by atoms with Gasteiger partial charge in [0.05, 0.1) is 42.6 Å². The van der Waals surface area contributed by atoms with E-state index in [2.05, 4.69) is 0 Å². The van der Waals surface area contributed by atoms with Gasteiger partial charge in [0, 0.05) is 36.1 Å². The first-order valence-corrected chi connectivity index (χ1v) is 16.5. The molecule has 3 rings (SSSR count). The standard InChI is InChI=1S/C34H48N3O7P/c1-22(2)26(7)43-34(29-16-13-17-30(20-29)37(39)40)31(24(5)36(25(6)32(34)45-41)44-27(8)23(3)4)33(38)42-19-18-35(9)21-28-14-11-10-12-15-28/h10-17,20,22-23,26-27H,18-19,21,45H2,1-9H3. The van der Waals surface area contributed by atoms with Crippen LogP contribution in [0.5, 0.6) is 0 Å². The van der Waals surface area contributed by atoms with Gasteiger partial charge in [-0.25, -0.2) is 9.86 Å². The molecule has 0 bridgehead atoms. The molecule has 4 atom stereocenters. The molecule has 0 saturated heterocycles. The maximum absolute atomic E-state index is 14.3. The number of non-ortho nitro benzene ring substituents is 1. The van der Waals surface area contributed by atoms with Crippen molar-refractivity contribution in [2.75, 3.05) is 20.2 Å². The number of nitro groups is 1. The monoisotopic (exact) mass is 641 g/mol. The number of nitrogens with zero attached hydrogens (tertiary/aromatic N) is 3. The van der Waals surface area contributed by atoms with Gasteiger partial charge in [0.15, 0.2) is 5.60 Å². The number of hydroxylamine groups is 2. The highest BCUT2D eigenvalue weighted by Crippen LogP contribution is 2.53. The number of nitro benzene ring substituents is 1. The molecule has 0 aromatic heterocycles. The molecular weight excluding hydrogens is 593 g/mol. The van der Waals surface area contributed by atoms with E-state index in [0.717, 1.165) is 5.56 Å². The Labute approximate surface area is 268 Å². The summed E-state index contributed by atoms with van der Waals surface area (Å²) in [6.45, 7) is 16.5. The number of carbonyl (C=O) groups excluding carboxylic acids is 1. The molecule has 0 radical (unpaired) electrons. The highest BCUT2D eigenvalue weighted by atomic mass is 31.1. The minimum Gasteiger partial charge on any atom is -0.461 e. The van der Waals surface area contributed by atoms with Crippen LogP contribution >= 0.6 is 8.46 Å². The average Bonchev–Trinajstić information content (AvgIpc) is 2.99. The van der Waals surface area contributed by atoms with Gasteiger partial charge < -0.3 is 14.0 Å². The van der Waals surface area contributed by atoms with Crippen molar-refractivity contribution in [2.24, 2.45) is 11.8 Å². The van der Waals surface area contributed by atoms with E-state index in [-0.39, 0.29) is 35.8 Å². The zero-order valence-corrected chi connectivity index (χ0v) is 29.1. The molecule has 10 nitrogen and oxygen atoms in total. The molecule has 0 aliphatic carbocycles. The van der Waals surface area contributed by atoms with Crippen LogP contribution in [0, 0.1) is 22.0 Å². The van der Waals surface area contributed by atoms with Crippen LogP contribution in [0.1, 0.15) is 66.5 Å². The van der Waals surface area contributed by atoms with Crippen molar-refractivity contribution in [2.45, 2.75) is 79.7 Å². The van der Waals surface area contributed by atoms with Crippen LogP contribution in [0.25, 0.3) is 0 Å². The van der Waals surface area contributed by atoms with Crippen molar-refractivity contribution in [3.05, 3.63) is 98.1 Å². The summed E-state index contributed by atoms with van der Waals surface area (Å²) in [5, 5.41) is 13.8. The number of esters is 1. The first kappa shape index (κ1) is 36.2. The van der Waals surface area contributed by atoms with E-state index in [1.807, 2.05) is 83.8 Å². The summed E-state index contributed by atoms with van der Waals surface area (Å²) in [4.78, 5) is 34.1. The molecule has 11 heteroatoms. The van der Waals surface area contributed by atoms with E-state index in [1.165, 1.54) is 12.1 Å². The average molecular weight is 642 g/mol. The van der Waals surface area contributed by atoms with Crippen LogP contribution in [0.15, 0.2) is 76.9 Å². The number of likely N-dealkylation sites (N-methyl/N-ethyl adjacent to an activating group) is 1. The van der Waals surface area contributed by atoms with Crippen LogP contribution in [0.2, 0.25) is 0 Å². The fourth-order valence-corrected chi connectivity index (χ4v) is 5.93. The Hall–Kier alpha value is -3.30. The molecule has 45 heavy (non-hydrogen) atoms. The molecule has 0 saturated carbocycles. The van der Waals surface area contributed by atoms with Crippen molar-refractivity contribution >= 4 is 20.1 Å². The molecule has 0 fully saturated rings. The van der Waals surface area contributed by atoms with Crippen LogP contribution in [-0.2, 0) is 35.8 Å². The number of carbonyl (C=O) groups is 1. The second-order valence-corrected chi connectivity index (χ2v) is 13.2. The Morgan fingerprint density at radius 1 is 0.978 bits per heavy atom. The van der Waals surface area contributed by atoms with Crippen molar-refractivity contribution in [1.29, 1.82) is 0 Å². The maximum Gasteiger partial charge on any atom is 0.339 e. The lowest BCUT2D eigenvalue weighted by Gasteiger charge is -2.46. The third-order valence-corrected chi connectivity index (χ3v) is 9.45. The fourth-order valence-electron chi connectivity index (χ4n) is 5.10. The van der Waals surface area contributed by atoms with Crippen molar-refractivity contribution in [3.63, 3.8) is 0 Å². The lowest BCUT2D eigenvalue weighted by molar-refractivity contribution is -0.385. The van der Waals surface area contributed by atoms with Gasteiger partial charge in [-0.15, -0.1) is 0 Å². The second kappa shape index (κ2) is 15.8. The van der Waals surface area contributed by atoms with Crippen molar-refractivity contribution in [1.82, 2.24) is 9.96 Å². The molecule has 1 aliphatic heterocycles. The molecule has 246 valence electrons. The Kier molecular flexibility index (Phi) is 12.7. The molecular formula is C34H48N3O7P. The van der Waals surface area contributed by atoms with Crippen LogP contribution < -0.4 is 0 Å². The largest absolute Gasteiger partial charge is 0.461 e. The lowest BCUT2D eigenvalue weighted by atomic mass is 9.80. The lowest BCUT2D eigenvalue weighted by Crippen LogP contribution is -2.47. The number of hydrogen-bond donors (Lipinski definition) is 0. The fraction of sp³-hybridized carbons (Fsp3) is 0.500. The normalized spacial score (nSPS) is 18.9. The molecule has 2 aromatic rings. The van der Waals surface area contributed by atoms with Crippen molar-refractivity contribution in [3.8, 4) is 0 Å². The first-order valence-electron chi connectivity index (χ1n) is 15.4. The zero-order valence-electron chi connectivity index (χ0n) is 27.9. The summed E-state index contributed by atoms with van der Waals surface area (Å²) in [7, 11) is 0.264. The third-order valence-electron chi connectivity index (χ3n) is 8.39. The van der Waals surface area contributed by atoms with Gasteiger partial charge in [0.2, 0.25) is 0 Å². The summed E-state index contributed by atoms with van der Waals surface area (Å²) in [6, 6.07) is 16.0. The van der Waals surface area contributed by atoms with Crippen LogP contribution in [-0.4, -0.2) is 53.3 Å². The van der Waals surface area contributed by atoms with E-state index < -0.39 is 31.1 Å². The molecule has 0 N–H and O–H groups in total. The predicted octanol–water partition coefficient (Wildman–Crippen LogP) is 7.08. The Bertz CT molecular complexity index is 1430.